The van der Waals surface area contributed by atoms with Crippen molar-refractivity contribution in [2.24, 2.45) is 11.8 Å². The predicted octanol–water partition coefficient (Wildman–Crippen LogP) is 0.285. The van der Waals surface area contributed by atoms with E-state index in [9.17, 15) is 13.5 Å². The van der Waals surface area contributed by atoms with Crippen molar-refractivity contribution in [2.75, 3.05) is 18.8 Å². The number of β-amino-alcohol motifs (C(OH)–C–C–N with tert-alkyl or cyclic N) is 1. The van der Waals surface area contributed by atoms with E-state index in [1.165, 1.54) is 4.31 Å². The SMILES string of the molecule is CC(C)CS(=O)(=O)N1CC(C)C(O)C1. The highest BCUT2D eigenvalue weighted by Crippen LogP contribution is 2.20. The average molecular weight is 221 g/mol. The van der Waals surface area contributed by atoms with Crippen molar-refractivity contribution in [3.63, 3.8) is 0 Å². The van der Waals surface area contributed by atoms with E-state index in [-0.39, 0.29) is 24.1 Å². The minimum Gasteiger partial charge on any atom is -0.391 e. The van der Waals surface area contributed by atoms with Gasteiger partial charge in [0, 0.05) is 13.1 Å². The summed E-state index contributed by atoms with van der Waals surface area (Å²) < 4.78 is 24.9. The molecular weight excluding hydrogens is 202 g/mol. The van der Waals surface area contributed by atoms with Gasteiger partial charge in [-0.2, -0.15) is 4.31 Å². The number of sulfonamides is 1. The van der Waals surface area contributed by atoms with E-state index < -0.39 is 16.1 Å². The van der Waals surface area contributed by atoms with Crippen LogP contribution in [-0.4, -0.2) is 42.8 Å². The number of hydrogen-bond acceptors (Lipinski definition) is 3. The van der Waals surface area contributed by atoms with Gasteiger partial charge in [0.25, 0.3) is 0 Å². The molecule has 0 aliphatic carbocycles. The summed E-state index contributed by atoms with van der Waals surface area (Å²) in [5, 5.41) is 9.46. The summed E-state index contributed by atoms with van der Waals surface area (Å²) in [6, 6.07) is 0. The monoisotopic (exact) mass is 221 g/mol. The van der Waals surface area contributed by atoms with E-state index >= 15 is 0 Å². The highest BCUT2D eigenvalue weighted by Gasteiger charge is 2.35. The second-order valence-corrected chi connectivity index (χ2v) is 6.55. The molecule has 2 unspecified atom stereocenters. The molecule has 0 bridgehead atoms. The summed E-state index contributed by atoms with van der Waals surface area (Å²) in [5.41, 5.74) is 0. The van der Waals surface area contributed by atoms with Gasteiger partial charge in [0.15, 0.2) is 0 Å². The van der Waals surface area contributed by atoms with Crippen LogP contribution in [0.15, 0.2) is 0 Å². The summed E-state index contributed by atoms with van der Waals surface area (Å²) in [5.74, 6) is 0.358. The van der Waals surface area contributed by atoms with E-state index in [1.807, 2.05) is 20.8 Å². The molecule has 1 N–H and O–H groups in total. The average Bonchev–Trinajstić information content (AvgIpc) is 2.30. The lowest BCUT2D eigenvalue weighted by Gasteiger charge is -2.17. The number of rotatable bonds is 3. The van der Waals surface area contributed by atoms with Crippen molar-refractivity contribution in [3.05, 3.63) is 0 Å². The first-order valence-corrected chi connectivity index (χ1v) is 6.59. The van der Waals surface area contributed by atoms with Gasteiger partial charge in [0.2, 0.25) is 10.0 Å². The summed E-state index contributed by atoms with van der Waals surface area (Å²) in [4.78, 5) is 0. The fraction of sp³-hybridized carbons (Fsp3) is 1.00. The number of nitrogens with zero attached hydrogens (tertiary/aromatic N) is 1. The third kappa shape index (κ3) is 2.68. The Bertz CT molecular complexity index is 276. The van der Waals surface area contributed by atoms with Gasteiger partial charge in [0.05, 0.1) is 11.9 Å². The van der Waals surface area contributed by atoms with Crippen LogP contribution in [0.3, 0.4) is 0 Å². The van der Waals surface area contributed by atoms with Gasteiger partial charge in [0.1, 0.15) is 0 Å². The van der Waals surface area contributed by atoms with Gasteiger partial charge in [-0.05, 0) is 11.8 Å². The van der Waals surface area contributed by atoms with Crippen LogP contribution in [0.2, 0.25) is 0 Å². The molecule has 4 nitrogen and oxygen atoms in total. The summed E-state index contributed by atoms with van der Waals surface area (Å²) in [6.07, 6.45) is -0.503. The molecule has 0 aromatic rings. The molecule has 1 aliphatic heterocycles. The maximum atomic E-state index is 11.7. The largest absolute Gasteiger partial charge is 0.391 e. The first kappa shape index (κ1) is 11.9. The first-order valence-electron chi connectivity index (χ1n) is 4.99. The van der Waals surface area contributed by atoms with Crippen LogP contribution in [0.4, 0.5) is 0 Å². The van der Waals surface area contributed by atoms with E-state index in [0.29, 0.717) is 6.54 Å². The Morgan fingerprint density at radius 3 is 2.36 bits per heavy atom. The molecule has 0 saturated carbocycles. The lowest BCUT2D eigenvalue weighted by atomic mass is 10.1. The molecule has 1 saturated heterocycles. The molecule has 14 heavy (non-hydrogen) atoms. The van der Waals surface area contributed by atoms with Crippen molar-refractivity contribution in [2.45, 2.75) is 26.9 Å². The standard InChI is InChI=1S/C9H19NO3S/c1-7(2)6-14(12,13)10-4-8(3)9(11)5-10/h7-9,11H,4-6H2,1-3H3. The summed E-state index contributed by atoms with van der Waals surface area (Å²) >= 11 is 0. The minimum atomic E-state index is -3.15. The van der Waals surface area contributed by atoms with Crippen LogP contribution in [0, 0.1) is 11.8 Å². The molecule has 1 rings (SSSR count). The smallest absolute Gasteiger partial charge is 0.214 e. The fourth-order valence-corrected chi connectivity index (χ4v) is 3.56. The van der Waals surface area contributed by atoms with Crippen LogP contribution >= 0.6 is 0 Å². The molecule has 0 amide bonds. The summed E-state index contributed by atoms with van der Waals surface area (Å²) in [7, 11) is -3.15. The molecule has 1 aliphatic rings. The molecule has 0 aromatic heterocycles. The topological polar surface area (TPSA) is 57.6 Å². The van der Waals surface area contributed by atoms with E-state index in [2.05, 4.69) is 0 Å². The maximum Gasteiger partial charge on any atom is 0.214 e. The van der Waals surface area contributed by atoms with Crippen molar-refractivity contribution in [1.82, 2.24) is 4.31 Å². The lowest BCUT2D eigenvalue weighted by Crippen LogP contribution is -2.33. The van der Waals surface area contributed by atoms with Crippen molar-refractivity contribution in [1.29, 1.82) is 0 Å². The van der Waals surface area contributed by atoms with E-state index in [1.54, 1.807) is 0 Å². The van der Waals surface area contributed by atoms with Crippen molar-refractivity contribution in [3.8, 4) is 0 Å². The molecule has 1 fully saturated rings. The zero-order chi connectivity index (χ0) is 10.9. The Kier molecular flexibility index (Phi) is 3.55. The fourth-order valence-electron chi connectivity index (χ4n) is 1.66. The van der Waals surface area contributed by atoms with Gasteiger partial charge < -0.3 is 5.11 Å². The molecule has 5 heteroatoms. The van der Waals surface area contributed by atoms with Gasteiger partial charge in [-0.25, -0.2) is 8.42 Å². The van der Waals surface area contributed by atoms with Crippen LogP contribution in [0.1, 0.15) is 20.8 Å². The molecular formula is C9H19NO3S. The van der Waals surface area contributed by atoms with E-state index in [4.69, 9.17) is 0 Å². The normalized spacial score (nSPS) is 30.1. The van der Waals surface area contributed by atoms with Gasteiger partial charge in [-0.3, -0.25) is 0 Å². The highest BCUT2D eigenvalue weighted by molar-refractivity contribution is 7.89. The third-order valence-corrected chi connectivity index (χ3v) is 4.65. The number of aliphatic hydroxyl groups is 1. The molecule has 0 radical (unpaired) electrons. The Morgan fingerprint density at radius 1 is 1.43 bits per heavy atom. The third-order valence-electron chi connectivity index (χ3n) is 2.48. The number of hydrogen-bond donors (Lipinski definition) is 1. The quantitative estimate of drug-likeness (QED) is 0.745. The Labute approximate surface area is 86.0 Å². The molecule has 0 aromatic carbocycles. The molecule has 2 atom stereocenters. The van der Waals surface area contributed by atoms with Crippen LogP contribution < -0.4 is 0 Å². The molecule has 1 heterocycles. The van der Waals surface area contributed by atoms with Gasteiger partial charge in [-0.1, -0.05) is 20.8 Å². The number of aliphatic hydroxyl groups excluding tert-OH is 1. The van der Waals surface area contributed by atoms with Crippen molar-refractivity contribution < 1.29 is 13.5 Å². The predicted molar refractivity (Wildman–Crippen MR) is 55.4 cm³/mol. The van der Waals surface area contributed by atoms with Crippen molar-refractivity contribution >= 4 is 10.0 Å². The highest BCUT2D eigenvalue weighted by atomic mass is 32.2. The van der Waals surface area contributed by atoms with Gasteiger partial charge >= 0.3 is 0 Å². The lowest BCUT2D eigenvalue weighted by molar-refractivity contribution is 0.153. The second kappa shape index (κ2) is 4.16. The van der Waals surface area contributed by atoms with Gasteiger partial charge in [-0.15, -0.1) is 0 Å². The zero-order valence-electron chi connectivity index (χ0n) is 8.97. The Balaban J connectivity index is 2.66. The van der Waals surface area contributed by atoms with Crippen LogP contribution in [0.5, 0.6) is 0 Å². The molecule has 0 spiro atoms. The van der Waals surface area contributed by atoms with Crippen LogP contribution in [-0.2, 0) is 10.0 Å². The maximum absolute atomic E-state index is 11.7. The summed E-state index contributed by atoms with van der Waals surface area (Å²) in [6.45, 7) is 6.35. The molecule has 84 valence electrons. The van der Waals surface area contributed by atoms with E-state index in [0.717, 1.165) is 0 Å². The minimum absolute atomic E-state index is 0.0527. The Hall–Kier alpha value is -0.130. The second-order valence-electron chi connectivity index (χ2n) is 4.53. The van der Waals surface area contributed by atoms with Crippen LogP contribution in [0.25, 0.3) is 0 Å². The zero-order valence-corrected chi connectivity index (χ0v) is 9.79. The Morgan fingerprint density at radius 2 is 2.00 bits per heavy atom. The first-order chi connectivity index (χ1) is 6.33.